The third-order valence-corrected chi connectivity index (χ3v) is 4.54. The van der Waals surface area contributed by atoms with Crippen LogP contribution in [0.25, 0.3) is 6.08 Å². The molecule has 0 radical (unpaired) electrons. The molecule has 0 saturated heterocycles. The summed E-state index contributed by atoms with van der Waals surface area (Å²) >= 11 is 1.27. The topological polar surface area (TPSA) is 59.1 Å². The zero-order valence-corrected chi connectivity index (χ0v) is 13.0. The molecule has 22 heavy (non-hydrogen) atoms. The molecule has 1 aromatic carbocycles. The molecule has 1 heterocycles. The number of carbonyl (C=O) groups is 2. The molecule has 1 N–H and O–H groups in total. The largest absolute Gasteiger partial charge is 0.298 e. The minimum absolute atomic E-state index is 0.131. The number of rotatable bonds is 3. The zero-order chi connectivity index (χ0) is 15.5. The summed E-state index contributed by atoms with van der Waals surface area (Å²) in [5, 5.41) is 3.23. The number of anilines is 1. The lowest BCUT2D eigenvalue weighted by Gasteiger charge is -2.14. The smallest absolute Gasteiger partial charge is 0.250 e. The Labute approximate surface area is 132 Å². The van der Waals surface area contributed by atoms with Crippen LogP contribution in [0, 0.1) is 5.92 Å². The van der Waals surface area contributed by atoms with Crippen molar-refractivity contribution >= 4 is 34.2 Å². The fourth-order valence-electron chi connectivity index (χ4n) is 2.46. The van der Waals surface area contributed by atoms with Crippen LogP contribution in [0.5, 0.6) is 0 Å². The fourth-order valence-corrected chi connectivity index (χ4v) is 3.40. The molecular weight excluding hydrogens is 296 g/mol. The van der Waals surface area contributed by atoms with Crippen molar-refractivity contribution in [1.82, 2.24) is 4.98 Å². The number of fused-ring (bicyclic) bond motifs is 1. The van der Waals surface area contributed by atoms with Gasteiger partial charge in [0.05, 0.1) is 10.6 Å². The van der Waals surface area contributed by atoms with E-state index in [1.165, 1.54) is 17.4 Å². The number of Topliss-reactive ketones (excluding diaryl/α,β-unsaturated/α-hetero) is 1. The number of aromatic nitrogens is 1. The molecule has 112 valence electrons. The van der Waals surface area contributed by atoms with Crippen molar-refractivity contribution in [3.8, 4) is 0 Å². The number of ketones is 1. The molecule has 1 aromatic heterocycles. The monoisotopic (exact) mass is 312 g/mol. The van der Waals surface area contributed by atoms with E-state index in [-0.39, 0.29) is 11.7 Å². The molecule has 3 rings (SSSR count). The lowest BCUT2D eigenvalue weighted by atomic mass is 9.92. The normalized spacial score (nSPS) is 17.5. The van der Waals surface area contributed by atoms with E-state index in [1.54, 1.807) is 6.08 Å². The Kier molecular flexibility index (Phi) is 4.15. The first-order valence-electron chi connectivity index (χ1n) is 7.19. The third kappa shape index (κ3) is 3.31. The van der Waals surface area contributed by atoms with Gasteiger partial charge in [0, 0.05) is 12.5 Å². The van der Waals surface area contributed by atoms with Crippen LogP contribution in [0.15, 0.2) is 36.4 Å². The number of hydrogen-bond acceptors (Lipinski definition) is 4. The van der Waals surface area contributed by atoms with Gasteiger partial charge in [-0.1, -0.05) is 48.6 Å². The highest BCUT2D eigenvalue weighted by Gasteiger charge is 2.26. The molecule has 1 aliphatic carbocycles. The molecule has 1 atom stereocenters. The summed E-state index contributed by atoms with van der Waals surface area (Å²) in [4.78, 5) is 29.0. The molecule has 0 bridgehead atoms. The van der Waals surface area contributed by atoms with Crippen molar-refractivity contribution in [3.05, 3.63) is 52.5 Å². The summed E-state index contributed by atoms with van der Waals surface area (Å²) < 4.78 is 0. The highest BCUT2D eigenvalue weighted by Crippen LogP contribution is 2.31. The number of benzene rings is 1. The minimum atomic E-state index is -0.240. The van der Waals surface area contributed by atoms with E-state index in [1.807, 2.05) is 37.3 Å². The van der Waals surface area contributed by atoms with Crippen molar-refractivity contribution < 1.29 is 9.59 Å². The van der Waals surface area contributed by atoms with Gasteiger partial charge >= 0.3 is 0 Å². The summed E-state index contributed by atoms with van der Waals surface area (Å²) in [6.45, 7) is 2.04. The number of hydrogen-bond donors (Lipinski definition) is 1. The second-order valence-electron chi connectivity index (χ2n) is 5.46. The molecular formula is C17H16N2O2S. The third-order valence-electron chi connectivity index (χ3n) is 3.48. The second kappa shape index (κ2) is 6.23. The van der Waals surface area contributed by atoms with Crippen LogP contribution >= 0.6 is 11.3 Å². The number of nitrogens with one attached hydrogen (secondary N) is 1. The first kappa shape index (κ1) is 14.7. The molecule has 1 unspecified atom stereocenters. The number of nitrogens with zero attached hydrogens (tertiary/aromatic N) is 1. The van der Waals surface area contributed by atoms with Crippen LogP contribution < -0.4 is 5.32 Å². The Bertz CT molecular complexity index is 734. The van der Waals surface area contributed by atoms with Gasteiger partial charge in [-0.15, -0.1) is 0 Å². The lowest BCUT2D eigenvalue weighted by molar-refractivity contribution is -0.111. The molecule has 0 spiro atoms. The van der Waals surface area contributed by atoms with Gasteiger partial charge in [0.2, 0.25) is 5.91 Å². The Hall–Kier alpha value is -2.27. The minimum Gasteiger partial charge on any atom is -0.298 e. The van der Waals surface area contributed by atoms with Gasteiger partial charge < -0.3 is 0 Å². The SMILES string of the molecule is CC1CC(=O)c2sc(NC(=O)/C=C/c3ccccc3)nc2C1. The maximum atomic E-state index is 11.9. The number of carbonyl (C=O) groups excluding carboxylic acids is 2. The average Bonchev–Trinajstić information content (AvgIpc) is 2.89. The van der Waals surface area contributed by atoms with Gasteiger partial charge in [-0.05, 0) is 24.0 Å². The Morgan fingerprint density at radius 3 is 2.86 bits per heavy atom. The van der Waals surface area contributed by atoms with E-state index in [4.69, 9.17) is 0 Å². The molecule has 1 aliphatic rings. The number of thiazole rings is 1. The summed E-state index contributed by atoms with van der Waals surface area (Å²) in [6.07, 6.45) is 4.58. The van der Waals surface area contributed by atoms with E-state index >= 15 is 0 Å². The predicted octanol–water partition coefficient (Wildman–Crippen LogP) is 3.56. The average molecular weight is 312 g/mol. The van der Waals surface area contributed by atoms with E-state index in [0.717, 1.165) is 17.7 Å². The van der Waals surface area contributed by atoms with E-state index in [9.17, 15) is 9.59 Å². The molecule has 2 aromatic rings. The predicted molar refractivity (Wildman–Crippen MR) is 88.0 cm³/mol. The summed E-state index contributed by atoms with van der Waals surface area (Å²) in [5.41, 5.74) is 1.77. The first-order chi connectivity index (χ1) is 10.6. The van der Waals surface area contributed by atoms with E-state index < -0.39 is 0 Å². The van der Waals surface area contributed by atoms with Gasteiger partial charge in [-0.3, -0.25) is 14.9 Å². The van der Waals surface area contributed by atoms with Crippen LogP contribution in [0.1, 0.15) is 34.3 Å². The van der Waals surface area contributed by atoms with Crippen molar-refractivity contribution in [2.45, 2.75) is 19.8 Å². The summed E-state index contributed by atoms with van der Waals surface area (Å²) in [5.74, 6) is 0.214. The van der Waals surface area contributed by atoms with Crippen LogP contribution in [0.3, 0.4) is 0 Å². The van der Waals surface area contributed by atoms with Crippen molar-refractivity contribution in [2.75, 3.05) is 5.32 Å². The Balaban J connectivity index is 1.69. The molecule has 4 nitrogen and oxygen atoms in total. The molecule has 0 saturated carbocycles. The maximum Gasteiger partial charge on any atom is 0.250 e. The van der Waals surface area contributed by atoms with Gasteiger partial charge in [0.1, 0.15) is 0 Å². The van der Waals surface area contributed by atoms with Crippen molar-refractivity contribution in [3.63, 3.8) is 0 Å². The van der Waals surface area contributed by atoms with Crippen LogP contribution in [0.4, 0.5) is 5.13 Å². The van der Waals surface area contributed by atoms with Crippen LogP contribution in [-0.2, 0) is 11.2 Å². The summed E-state index contributed by atoms with van der Waals surface area (Å²) in [6, 6.07) is 9.60. The molecule has 0 fully saturated rings. The lowest BCUT2D eigenvalue weighted by Crippen LogP contribution is -2.16. The van der Waals surface area contributed by atoms with Crippen molar-refractivity contribution in [2.24, 2.45) is 5.92 Å². The molecule has 1 amide bonds. The van der Waals surface area contributed by atoms with Gasteiger partial charge in [0.25, 0.3) is 0 Å². The zero-order valence-electron chi connectivity index (χ0n) is 12.2. The Morgan fingerprint density at radius 2 is 2.09 bits per heavy atom. The van der Waals surface area contributed by atoms with E-state index in [2.05, 4.69) is 10.3 Å². The summed E-state index contributed by atoms with van der Waals surface area (Å²) in [7, 11) is 0. The van der Waals surface area contributed by atoms with Gasteiger partial charge in [0.15, 0.2) is 10.9 Å². The van der Waals surface area contributed by atoms with Gasteiger partial charge in [-0.2, -0.15) is 0 Å². The standard InChI is InChI=1S/C17H16N2O2S/c1-11-9-13-16(14(20)10-11)22-17(18-13)19-15(21)8-7-12-5-3-2-4-6-12/h2-8,11H,9-10H2,1H3,(H,18,19,21)/b8-7+. The van der Waals surface area contributed by atoms with Gasteiger partial charge in [-0.25, -0.2) is 4.98 Å². The maximum absolute atomic E-state index is 11.9. The Morgan fingerprint density at radius 1 is 1.32 bits per heavy atom. The van der Waals surface area contributed by atoms with Crippen LogP contribution in [-0.4, -0.2) is 16.7 Å². The highest BCUT2D eigenvalue weighted by atomic mass is 32.1. The number of amides is 1. The fraction of sp³-hybridized carbons (Fsp3) is 0.235. The second-order valence-corrected chi connectivity index (χ2v) is 6.46. The van der Waals surface area contributed by atoms with E-state index in [0.29, 0.717) is 22.3 Å². The quantitative estimate of drug-likeness (QED) is 0.882. The first-order valence-corrected chi connectivity index (χ1v) is 8.00. The molecule has 0 aliphatic heterocycles. The highest BCUT2D eigenvalue weighted by molar-refractivity contribution is 7.17. The molecule has 5 heteroatoms. The van der Waals surface area contributed by atoms with Crippen molar-refractivity contribution in [1.29, 1.82) is 0 Å². The van der Waals surface area contributed by atoms with Crippen LogP contribution in [0.2, 0.25) is 0 Å².